The second-order valence-electron chi connectivity index (χ2n) is 16.1. The van der Waals surface area contributed by atoms with E-state index >= 15 is 0 Å². The minimum absolute atomic E-state index is 0.0194. The van der Waals surface area contributed by atoms with Crippen LogP contribution in [0.1, 0.15) is 156 Å². The first-order valence-electron chi connectivity index (χ1n) is 20.9. The summed E-state index contributed by atoms with van der Waals surface area (Å²) in [7, 11) is 0. The number of hydrogen-bond acceptors (Lipinski definition) is 8. The lowest BCUT2D eigenvalue weighted by Crippen LogP contribution is -2.56. The summed E-state index contributed by atoms with van der Waals surface area (Å²) >= 11 is 0. The van der Waals surface area contributed by atoms with E-state index in [0.717, 1.165) is 31.2 Å². The first-order valence-corrected chi connectivity index (χ1v) is 20.9. The number of imidazole rings is 1. The Bertz CT molecular complexity index is 1160. The maximum atomic E-state index is 13.6. The molecule has 7 unspecified atom stereocenters. The second kappa shape index (κ2) is 26.1. The summed E-state index contributed by atoms with van der Waals surface area (Å²) in [6.07, 6.45) is 21.7. The largest absolute Gasteiger partial charge is 0.393 e. The molecule has 0 saturated carbocycles. The molecule has 1 saturated heterocycles. The lowest BCUT2D eigenvalue weighted by atomic mass is 9.67. The van der Waals surface area contributed by atoms with Crippen molar-refractivity contribution >= 4 is 24.0 Å². The van der Waals surface area contributed by atoms with Crippen LogP contribution in [-0.4, -0.2) is 82.6 Å². The number of aryl methyl sites for hydroxylation is 1. The molecule has 1 aliphatic rings. The Morgan fingerprint density at radius 1 is 0.906 bits per heavy atom. The van der Waals surface area contributed by atoms with Gasteiger partial charge in [0.15, 0.2) is 0 Å². The molecule has 1 aromatic heterocycles. The van der Waals surface area contributed by atoms with Gasteiger partial charge in [0, 0.05) is 49.0 Å². The molecule has 1 fully saturated rings. The quantitative estimate of drug-likeness (QED) is 0.0401. The van der Waals surface area contributed by atoms with Crippen LogP contribution >= 0.6 is 0 Å². The Balaban J connectivity index is 1.90. The van der Waals surface area contributed by atoms with Gasteiger partial charge >= 0.3 is 0 Å². The Kier molecular flexibility index (Phi) is 22.8. The Morgan fingerprint density at radius 2 is 1.53 bits per heavy atom. The number of unbranched alkanes of at least 4 members (excludes halogenated alkanes) is 12. The van der Waals surface area contributed by atoms with Gasteiger partial charge < -0.3 is 41.5 Å². The van der Waals surface area contributed by atoms with Gasteiger partial charge in [-0.15, -0.1) is 0 Å². The summed E-state index contributed by atoms with van der Waals surface area (Å²) < 4.78 is 0. The van der Waals surface area contributed by atoms with Crippen LogP contribution in [-0.2, 0) is 25.6 Å². The van der Waals surface area contributed by atoms with Crippen molar-refractivity contribution in [3.05, 3.63) is 18.2 Å². The van der Waals surface area contributed by atoms with Gasteiger partial charge in [-0.25, -0.2) is 4.98 Å². The smallest absolute Gasteiger partial charge is 0.243 e. The molecule has 2 rings (SSSR count). The third-order valence-corrected chi connectivity index (χ3v) is 11.3. The van der Waals surface area contributed by atoms with Crippen molar-refractivity contribution in [2.24, 2.45) is 17.3 Å². The first-order chi connectivity index (χ1) is 25.4. The number of rotatable bonds is 30. The molecule has 53 heavy (non-hydrogen) atoms. The molecule has 304 valence electrons. The maximum absolute atomic E-state index is 13.6. The van der Waals surface area contributed by atoms with Crippen molar-refractivity contribution < 1.29 is 24.3 Å². The van der Waals surface area contributed by atoms with Gasteiger partial charge in [-0.3, -0.25) is 14.4 Å². The van der Waals surface area contributed by atoms with E-state index in [1.807, 2.05) is 20.8 Å². The SMILES string of the molecule is CCCCCCCCCCCCCCCC(=O)NC(CC1CNCN1)C(=O)NC(C)C(=O)NC(CC(C=O)(CCc1cnc[nH]1)C(C)C(C)O)C(C)C. The normalized spacial score (nSPS) is 18.5. The highest BCUT2D eigenvalue weighted by Crippen LogP contribution is 2.39. The molecular formula is C41H75N7O5. The molecule has 12 heteroatoms. The van der Waals surface area contributed by atoms with Crippen LogP contribution in [0, 0.1) is 17.3 Å². The van der Waals surface area contributed by atoms with Gasteiger partial charge in [-0.1, -0.05) is 105 Å². The van der Waals surface area contributed by atoms with Crippen molar-refractivity contribution in [2.45, 2.75) is 187 Å². The fraction of sp³-hybridized carbons (Fsp3) is 0.829. The monoisotopic (exact) mass is 746 g/mol. The van der Waals surface area contributed by atoms with Crippen molar-refractivity contribution in [3.8, 4) is 0 Å². The Hall–Kier alpha value is -2.83. The van der Waals surface area contributed by atoms with Crippen LogP contribution < -0.4 is 26.6 Å². The van der Waals surface area contributed by atoms with Gasteiger partial charge in [-0.2, -0.15) is 0 Å². The Labute approximate surface area is 320 Å². The number of aromatic amines is 1. The lowest BCUT2D eigenvalue weighted by molar-refractivity contribution is -0.132. The van der Waals surface area contributed by atoms with Gasteiger partial charge in [-0.05, 0) is 57.8 Å². The molecule has 1 aromatic rings. The number of amides is 3. The van der Waals surface area contributed by atoms with Crippen LogP contribution in [0.4, 0.5) is 0 Å². The van der Waals surface area contributed by atoms with E-state index < -0.39 is 29.5 Å². The zero-order valence-corrected chi connectivity index (χ0v) is 33.9. The second-order valence-corrected chi connectivity index (χ2v) is 16.1. The van der Waals surface area contributed by atoms with Crippen molar-refractivity contribution in [2.75, 3.05) is 13.2 Å². The highest BCUT2D eigenvalue weighted by atomic mass is 16.3. The van der Waals surface area contributed by atoms with Gasteiger partial charge in [0.1, 0.15) is 18.4 Å². The van der Waals surface area contributed by atoms with Crippen LogP contribution in [0.2, 0.25) is 0 Å². The van der Waals surface area contributed by atoms with Crippen molar-refractivity contribution in [1.82, 2.24) is 36.6 Å². The number of aliphatic hydroxyl groups is 1. The molecule has 0 aliphatic carbocycles. The predicted octanol–water partition coefficient (Wildman–Crippen LogP) is 5.46. The molecule has 0 radical (unpaired) electrons. The summed E-state index contributed by atoms with van der Waals surface area (Å²) in [5.74, 6) is -1.30. The summed E-state index contributed by atoms with van der Waals surface area (Å²) in [5, 5.41) is 26.0. The number of hydrogen-bond donors (Lipinski definition) is 7. The summed E-state index contributed by atoms with van der Waals surface area (Å²) in [6, 6.07) is -2.02. The van der Waals surface area contributed by atoms with Crippen molar-refractivity contribution in [3.63, 3.8) is 0 Å². The third-order valence-electron chi connectivity index (χ3n) is 11.3. The first kappa shape index (κ1) is 46.3. The molecule has 7 N–H and O–H groups in total. The number of nitrogens with zero attached hydrogens (tertiary/aromatic N) is 1. The molecule has 7 atom stereocenters. The Morgan fingerprint density at radius 3 is 2.04 bits per heavy atom. The minimum atomic E-state index is -0.904. The van der Waals surface area contributed by atoms with E-state index in [0.29, 0.717) is 45.3 Å². The summed E-state index contributed by atoms with van der Waals surface area (Å²) in [6.45, 7) is 12.7. The third kappa shape index (κ3) is 17.9. The minimum Gasteiger partial charge on any atom is -0.393 e. The summed E-state index contributed by atoms with van der Waals surface area (Å²) in [5.41, 5.74) is -0.0103. The molecular weight excluding hydrogens is 670 g/mol. The average molecular weight is 746 g/mol. The van der Waals surface area contributed by atoms with Crippen LogP contribution in [0.5, 0.6) is 0 Å². The number of aldehydes is 1. The van der Waals surface area contributed by atoms with Crippen LogP contribution in [0.3, 0.4) is 0 Å². The van der Waals surface area contributed by atoms with E-state index in [2.05, 4.69) is 43.5 Å². The van der Waals surface area contributed by atoms with E-state index in [-0.39, 0.29) is 35.7 Å². The molecule has 0 aromatic carbocycles. The van der Waals surface area contributed by atoms with Crippen LogP contribution in [0.25, 0.3) is 0 Å². The fourth-order valence-corrected chi connectivity index (χ4v) is 7.34. The molecule has 2 heterocycles. The van der Waals surface area contributed by atoms with E-state index in [4.69, 9.17) is 0 Å². The number of carbonyl (C=O) groups excluding carboxylic acids is 4. The van der Waals surface area contributed by atoms with Crippen molar-refractivity contribution in [1.29, 1.82) is 0 Å². The number of aliphatic hydroxyl groups excluding tert-OH is 1. The predicted molar refractivity (Wildman–Crippen MR) is 212 cm³/mol. The number of nitrogens with one attached hydrogen (secondary N) is 6. The molecule has 3 amide bonds. The lowest BCUT2D eigenvalue weighted by Gasteiger charge is -2.40. The fourth-order valence-electron chi connectivity index (χ4n) is 7.34. The molecule has 1 aliphatic heterocycles. The molecule has 12 nitrogen and oxygen atoms in total. The topological polar surface area (TPSA) is 177 Å². The standard InChI is InChI=1S/C41H75N7O5/c1-7-8-9-10-11-12-13-14-15-16-17-18-19-20-38(51)47-36(23-35-26-43-29-45-35)40(53)46-32(5)39(52)48-37(30(2)3)24-41(27-49,31(4)33(6)50)22-21-34-25-42-28-44-34/h25,27-28,30-33,35-37,43,45,50H,7-24,26,29H2,1-6H3,(H,42,44)(H,46,53)(H,47,51)(H,48,52). The molecule has 0 spiro atoms. The van der Waals surface area contributed by atoms with Gasteiger partial charge in [0.25, 0.3) is 0 Å². The van der Waals surface area contributed by atoms with Crippen LogP contribution in [0.15, 0.2) is 12.5 Å². The zero-order valence-electron chi connectivity index (χ0n) is 33.9. The zero-order chi connectivity index (χ0) is 39.1. The number of carbonyl (C=O) groups is 4. The number of aromatic nitrogens is 2. The highest BCUT2D eigenvalue weighted by Gasteiger charge is 2.41. The van der Waals surface area contributed by atoms with E-state index in [9.17, 15) is 24.3 Å². The number of H-pyrrole nitrogens is 1. The van der Waals surface area contributed by atoms with E-state index in [1.165, 1.54) is 64.2 Å². The summed E-state index contributed by atoms with van der Waals surface area (Å²) in [4.78, 5) is 60.1. The molecule has 0 bridgehead atoms. The van der Waals surface area contributed by atoms with Gasteiger partial charge in [0.2, 0.25) is 17.7 Å². The van der Waals surface area contributed by atoms with E-state index in [1.54, 1.807) is 26.4 Å². The average Bonchev–Trinajstić information content (AvgIpc) is 3.86. The van der Waals surface area contributed by atoms with Gasteiger partial charge in [0.05, 0.1) is 12.4 Å². The highest BCUT2D eigenvalue weighted by molar-refractivity contribution is 5.92. The maximum Gasteiger partial charge on any atom is 0.243 e.